The molecule has 0 saturated carbocycles. The maximum absolute atomic E-state index is 12.9. The van der Waals surface area contributed by atoms with Crippen molar-refractivity contribution in [2.45, 2.75) is 4.90 Å². The summed E-state index contributed by atoms with van der Waals surface area (Å²) in [6, 6.07) is 2.97. The highest BCUT2D eigenvalue weighted by molar-refractivity contribution is 7.89. The van der Waals surface area contributed by atoms with E-state index in [0.29, 0.717) is 0 Å². The molecule has 1 aromatic carbocycles. The first-order valence-corrected chi connectivity index (χ1v) is 4.85. The van der Waals surface area contributed by atoms with Crippen LogP contribution >= 0.6 is 0 Å². The van der Waals surface area contributed by atoms with Crippen LogP contribution in [0, 0.1) is 11.6 Å². The minimum Gasteiger partial charge on any atom is -0.214 e. The summed E-state index contributed by atoms with van der Waals surface area (Å²) in [5.41, 5.74) is 0. The second kappa shape index (κ2) is 3.39. The van der Waals surface area contributed by atoms with E-state index in [1.165, 1.54) is 0 Å². The summed E-state index contributed by atoms with van der Waals surface area (Å²) in [4.78, 5) is -0.685. The van der Waals surface area contributed by atoms with Gasteiger partial charge in [0.25, 0.3) is 0 Å². The second-order valence-corrected chi connectivity index (χ2v) is 4.11. The van der Waals surface area contributed by atoms with Crippen LogP contribution in [0.25, 0.3) is 0 Å². The van der Waals surface area contributed by atoms with Gasteiger partial charge in [-0.1, -0.05) is 6.07 Å². The normalized spacial score (nSPS) is 11.6. The fourth-order valence-corrected chi connectivity index (χ4v) is 1.61. The number of sulfonamides is 1. The summed E-state index contributed by atoms with van der Waals surface area (Å²) in [5.74, 6) is -2.55. The first-order valence-electron chi connectivity index (χ1n) is 3.36. The molecule has 0 aromatic heterocycles. The summed E-state index contributed by atoms with van der Waals surface area (Å²) in [6.07, 6.45) is 0. The fraction of sp³-hybridized carbons (Fsp3) is 0.143. The number of hydrogen-bond acceptors (Lipinski definition) is 2. The van der Waals surface area contributed by atoms with E-state index in [4.69, 9.17) is 0 Å². The van der Waals surface area contributed by atoms with E-state index in [9.17, 15) is 17.2 Å². The molecule has 0 bridgehead atoms. The van der Waals surface area contributed by atoms with Gasteiger partial charge in [-0.2, -0.15) is 0 Å². The summed E-state index contributed by atoms with van der Waals surface area (Å²) in [6.45, 7) is 0. The van der Waals surface area contributed by atoms with E-state index in [1.54, 1.807) is 0 Å². The molecule has 0 aliphatic rings. The van der Waals surface area contributed by atoms with Crippen molar-refractivity contribution in [1.82, 2.24) is 4.72 Å². The van der Waals surface area contributed by atoms with E-state index < -0.39 is 26.6 Å². The molecule has 13 heavy (non-hydrogen) atoms. The molecule has 0 fully saturated rings. The summed E-state index contributed by atoms with van der Waals surface area (Å²) in [7, 11) is -2.79. The van der Waals surface area contributed by atoms with Gasteiger partial charge in [0.2, 0.25) is 10.0 Å². The van der Waals surface area contributed by atoms with E-state index in [1.807, 2.05) is 4.72 Å². The predicted octanol–water partition coefficient (Wildman–Crippen LogP) is 0.873. The van der Waals surface area contributed by atoms with Gasteiger partial charge in [-0.15, -0.1) is 0 Å². The van der Waals surface area contributed by atoms with E-state index in [0.717, 1.165) is 25.2 Å². The molecule has 1 aromatic rings. The highest BCUT2D eigenvalue weighted by Gasteiger charge is 2.19. The zero-order valence-corrected chi connectivity index (χ0v) is 7.53. The van der Waals surface area contributed by atoms with Crippen molar-refractivity contribution in [2.75, 3.05) is 7.05 Å². The van der Waals surface area contributed by atoms with Crippen LogP contribution in [0.1, 0.15) is 0 Å². The van der Waals surface area contributed by atoms with Crippen LogP contribution in [0.5, 0.6) is 0 Å². The molecule has 0 heterocycles. The molecule has 0 aliphatic heterocycles. The Balaban J connectivity index is 3.40. The summed E-state index contributed by atoms with van der Waals surface area (Å²) in [5, 5.41) is 0. The highest BCUT2D eigenvalue weighted by atomic mass is 32.2. The van der Waals surface area contributed by atoms with Crippen molar-refractivity contribution in [2.24, 2.45) is 0 Å². The van der Waals surface area contributed by atoms with Crippen LogP contribution in [0.3, 0.4) is 0 Å². The number of rotatable bonds is 2. The quantitative estimate of drug-likeness (QED) is 0.782. The maximum atomic E-state index is 12.9. The van der Waals surface area contributed by atoms with Crippen molar-refractivity contribution in [3.63, 3.8) is 0 Å². The van der Waals surface area contributed by atoms with E-state index >= 15 is 0 Å². The molecule has 3 nitrogen and oxygen atoms in total. The average molecular weight is 207 g/mol. The Morgan fingerprint density at radius 1 is 1.31 bits per heavy atom. The zero-order chi connectivity index (χ0) is 10.1. The van der Waals surface area contributed by atoms with Crippen LogP contribution in [-0.4, -0.2) is 15.5 Å². The third-order valence-corrected chi connectivity index (χ3v) is 2.91. The second-order valence-electron chi connectivity index (χ2n) is 2.26. The van der Waals surface area contributed by atoms with Gasteiger partial charge in [0.15, 0.2) is 11.6 Å². The first-order chi connectivity index (χ1) is 5.99. The molecular weight excluding hydrogens is 200 g/mol. The van der Waals surface area contributed by atoms with Crippen LogP contribution in [-0.2, 0) is 10.0 Å². The largest absolute Gasteiger partial charge is 0.243 e. The van der Waals surface area contributed by atoms with Gasteiger partial charge >= 0.3 is 0 Å². The lowest BCUT2D eigenvalue weighted by Gasteiger charge is -2.03. The van der Waals surface area contributed by atoms with E-state index in [-0.39, 0.29) is 0 Å². The van der Waals surface area contributed by atoms with Crippen molar-refractivity contribution in [3.8, 4) is 0 Å². The molecule has 1 rings (SSSR count). The lowest BCUT2D eigenvalue weighted by Crippen LogP contribution is -2.20. The lowest BCUT2D eigenvalue weighted by molar-refractivity contribution is 0.484. The first kappa shape index (κ1) is 10.1. The average Bonchev–Trinajstić information content (AvgIpc) is 2.09. The van der Waals surface area contributed by atoms with Crippen molar-refractivity contribution in [1.29, 1.82) is 0 Å². The molecule has 0 aliphatic carbocycles. The van der Waals surface area contributed by atoms with Gasteiger partial charge in [-0.25, -0.2) is 21.9 Å². The third-order valence-electron chi connectivity index (χ3n) is 1.47. The Kier molecular flexibility index (Phi) is 2.63. The predicted molar refractivity (Wildman–Crippen MR) is 42.6 cm³/mol. The van der Waals surface area contributed by atoms with Gasteiger partial charge in [0, 0.05) is 0 Å². The molecule has 1 N–H and O–H groups in total. The molecular formula is C7H7F2NO2S. The van der Waals surface area contributed by atoms with Crippen LogP contribution in [0.4, 0.5) is 8.78 Å². The monoisotopic (exact) mass is 207 g/mol. The Hall–Kier alpha value is -1.01. The Morgan fingerprint density at radius 3 is 2.46 bits per heavy atom. The molecule has 0 radical (unpaired) electrons. The highest BCUT2D eigenvalue weighted by Crippen LogP contribution is 2.15. The molecule has 6 heteroatoms. The van der Waals surface area contributed by atoms with Crippen LogP contribution in [0.15, 0.2) is 23.1 Å². The number of benzene rings is 1. The number of nitrogens with one attached hydrogen (secondary N) is 1. The van der Waals surface area contributed by atoms with Crippen molar-refractivity contribution < 1.29 is 17.2 Å². The lowest BCUT2D eigenvalue weighted by atomic mass is 10.3. The minimum absolute atomic E-state index is 0.685. The Morgan fingerprint density at radius 2 is 1.92 bits per heavy atom. The maximum Gasteiger partial charge on any atom is 0.243 e. The van der Waals surface area contributed by atoms with Crippen LogP contribution < -0.4 is 4.72 Å². The van der Waals surface area contributed by atoms with Gasteiger partial charge in [0.05, 0.1) is 0 Å². The molecule has 72 valence electrons. The smallest absolute Gasteiger partial charge is 0.214 e. The SMILES string of the molecule is CNS(=O)(=O)c1cccc(F)c1F. The summed E-state index contributed by atoms with van der Waals surface area (Å²) >= 11 is 0. The Labute approximate surface area is 74.4 Å². The summed E-state index contributed by atoms with van der Waals surface area (Å²) < 4.78 is 49.5. The number of halogens is 2. The van der Waals surface area contributed by atoms with E-state index in [2.05, 4.69) is 0 Å². The Bertz CT molecular complexity index is 417. The van der Waals surface area contributed by atoms with Crippen molar-refractivity contribution >= 4 is 10.0 Å². The van der Waals surface area contributed by atoms with Gasteiger partial charge in [0.1, 0.15) is 4.90 Å². The molecule has 0 saturated heterocycles. The van der Waals surface area contributed by atoms with Gasteiger partial charge < -0.3 is 0 Å². The minimum atomic E-state index is -3.92. The van der Waals surface area contributed by atoms with Crippen LogP contribution in [0.2, 0.25) is 0 Å². The third kappa shape index (κ3) is 1.84. The fourth-order valence-electron chi connectivity index (χ4n) is 0.802. The molecule has 0 atom stereocenters. The molecule has 0 unspecified atom stereocenters. The van der Waals surface area contributed by atoms with Crippen molar-refractivity contribution in [3.05, 3.63) is 29.8 Å². The standard InChI is InChI=1S/C7H7F2NO2S/c1-10-13(11,12)6-4-2-3-5(8)7(6)9/h2-4,10H,1H3. The zero-order valence-electron chi connectivity index (χ0n) is 6.71. The molecule has 0 spiro atoms. The number of hydrogen-bond donors (Lipinski definition) is 1. The molecule has 0 amide bonds. The van der Waals surface area contributed by atoms with Gasteiger partial charge in [-0.3, -0.25) is 0 Å². The topological polar surface area (TPSA) is 46.2 Å². The van der Waals surface area contributed by atoms with Gasteiger partial charge in [-0.05, 0) is 19.2 Å².